The summed E-state index contributed by atoms with van der Waals surface area (Å²) < 4.78 is 14.8. The summed E-state index contributed by atoms with van der Waals surface area (Å²) in [4.78, 5) is 23.1. The number of benzene rings is 1. The average Bonchev–Trinajstić information content (AvgIpc) is 2.96. The number of ether oxygens (including phenoxy) is 2. The van der Waals surface area contributed by atoms with Crippen LogP contribution >= 0.6 is 11.6 Å². The maximum atomic E-state index is 11.6. The third-order valence-corrected chi connectivity index (χ3v) is 3.05. The molecule has 0 aliphatic carbocycles. The molecular weight excluding hydrogens is 324 g/mol. The molecule has 0 saturated carbocycles. The van der Waals surface area contributed by atoms with Crippen LogP contribution in [0.25, 0.3) is 0 Å². The summed E-state index contributed by atoms with van der Waals surface area (Å²) in [5, 5.41) is 6.50. The molecule has 0 aliphatic rings. The smallest absolute Gasteiger partial charge is 0.344 e. The lowest BCUT2D eigenvalue weighted by atomic mass is 10.1. The number of amides is 1. The number of hydrogen-bond acceptors (Lipinski definition) is 6. The van der Waals surface area contributed by atoms with E-state index in [-0.39, 0.29) is 12.4 Å². The van der Waals surface area contributed by atoms with E-state index in [1.165, 1.54) is 12.3 Å². The predicted molar refractivity (Wildman–Crippen MR) is 82.5 cm³/mol. The van der Waals surface area contributed by atoms with Crippen LogP contribution in [0.5, 0.6) is 5.75 Å². The van der Waals surface area contributed by atoms with Crippen LogP contribution in [0, 0.1) is 13.8 Å². The Hall–Kier alpha value is -2.54. The molecule has 1 N–H and O–H groups in total. The van der Waals surface area contributed by atoms with Crippen molar-refractivity contribution < 1.29 is 23.6 Å². The minimum absolute atomic E-state index is 0.245. The van der Waals surface area contributed by atoms with Crippen molar-refractivity contribution in [3.63, 3.8) is 0 Å². The average molecular weight is 339 g/mol. The lowest BCUT2D eigenvalue weighted by molar-refractivity contribution is -0.149. The largest absolute Gasteiger partial charge is 0.481 e. The van der Waals surface area contributed by atoms with E-state index in [0.29, 0.717) is 10.8 Å². The molecule has 1 heterocycles. The highest BCUT2D eigenvalue weighted by Gasteiger charge is 2.12. The van der Waals surface area contributed by atoms with Gasteiger partial charge in [-0.05, 0) is 37.1 Å². The fourth-order valence-electron chi connectivity index (χ4n) is 1.90. The van der Waals surface area contributed by atoms with E-state index in [1.54, 1.807) is 12.1 Å². The van der Waals surface area contributed by atoms with E-state index in [9.17, 15) is 9.59 Å². The first-order chi connectivity index (χ1) is 11.0. The van der Waals surface area contributed by atoms with E-state index in [1.807, 2.05) is 13.8 Å². The first-order valence-corrected chi connectivity index (χ1v) is 7.09. The van der Waals surface area contributed by atoms with Crippen LogP contribution in [0.3, 0.4) is 0 Å². The number of halogens is 1. The highest BCUT2D eigenvalue weighted by Crippen LogP contribution is 2.26. The molecule has 1 aromatic heterocycles. The molecule has 0 aliphatic heterocycles. The third-order valence-electron chi connectivity index (χ3n) is 2.83. The van der Waals surface area contributed by atoms with Gasteiger partial charge in [-0.15, -0.1) is 0 Å². The number of aromatic nitrogens is 1. The van der Waals surface area contributed by atoms with Crippen molar-refractivity contribution in [3.05, 3.63) is 40.6 Å². The zero-order valence-electron chi connectivity index (χ0n) is 12.6. The molecule has 0 fully saturated rings. The van der Waals surface area contributed by atoms with Crippen molar-refractivity contribution in [2.24, 2.45) is 0 Å². The lowest BCUT2D eigenvalue weighted by Gasteiger charge is -2.12. The van der Waals surface area contributed by atoms with Crippen LogP contribution in [0.1, 0.15) is 11.1 Å². The van der Waals surface area contributed by atoms with Gasteiger partial charge in [0, 0.05) is 11.1 Å². The number of esters is 1. The maximum absolute atomic E-state index is 11.6. The van der Waals surface area contributed by atoms with Gasteiger partial charge in [-0.3, -0.25) is 4.79 Å². The second-order valence-electron chi connectivity index (χ2n) is 4.75. The third kappa shape index (κ3) is 5.00. The van der Waals surface area contributed by atoms with E-state index in [4.69, 9.17) is 21.1 Å². The van der Waals surface area contributed by atoms with Gasteiger partial charge in [-0.1, -0.05) is 16.8 Å². The molecule has 0 spiro atoms. The molecule has 0 unspecified atom stereocenters. The molecule has 7 nitrogen and oxygen atoms in total. The van der Waals surface area contributed by atoms with Gasteiger partial charge in [0.25, 0.3) is 5.91 Å². The summed E-state index contributed by atoms with van der Waals surface area (Å²) in [6.45, 7) is 2.91. The number of carbonyl (C=O) groups excluding carboxylic acids is 2. The van der Waals surface area contributed by atoms with Crippen molar-refractivity contribution in [2.75, 3.05) is 18.5 Å². The number of aryl methyl sites for hydroxylation is 2. The molecule has 1 amide bonds. The SMILES string of the molecule is Cc1cc(Cl)cc(C)c1OCC(=O)OCC(=O)Nc1ccon1. The Balaban J connectivity index is 1.78. The molecule has 8 heteroatoms. The van der Waals surface area contributed by atoms with Crippen LogP contribution in [0.2, 0.25) is 5.02 Å². The first kappa shape index (κ1) is 16.8. The lowest BCUT2D eigenvalue weighted by Crippen LogP contribution is -2.24. The molecule has 2 rings (SSSR count). The van der Waals surface area contributed by atoms with Crippen molar-refractivity contribution in [2.45, 2.75) is 13.8 Å². The number of hydrogen-bond donors (Lipinski definition) is 1. The van der Waals surface area contributed by atoms with Gasteiger partial charge in [0.15, 0.2) is 19.0 Å². The van der Waals surface area contributed by atoms with Gasteiger partial charge in [-0.2, -0.15) is 0 Å². The summed E-state index contributed by atoms with van der Waals surface area (Å²) >= 11 is 5.92. The van der Waals surface area contributed by atoms with E-state index in [2.05, 4.69) is 15.0 Å². The normalized spacial score (nSPS) is 10.2. The Morgan fingerprint density at radius 3 is 2.57 bits per heavy atom. The maximum Gasteiger partial charge on any atom is 0.344 e. The fourth-order valence-corrected chi connectivity index (χ4v) is 2.23. The molecule has 0 radical (unpaired) electrons. The minimum Gasteiger partial charge on any atom is -0.481 e. The molecule has 23 heavy (non-hydrogen) atoms. The molecule has 0 bridgehead atoms. The minimum atomic E-state index is -0.658. The van der Waals surface area contributed by atoms with Crippen LogP contribution in [0.15, 0.2) is 29.0 Å². The second kappa shape index (κ2) is 7.64. The van der Waals surface area contributed by atoms with Crippen molar-refractivity contribution >= 4 is 29.3 Å². The second-order valence-corrected chi connectivity index (χ2v) is 5.19. The number of nitrogens with zero attached hydrogens (tertiary/aromatic N) is 1. The zero-order valence-corrected chi connectivity index (χ0v) is 13.3. The zero-order chi connectivity index (χ0) is 16.8. The Labute approximate surface area is 137 Å². The van der Waals surface area contributed by atoms with Gasteiger partial charge in [0.05, 0.1) is 0 Å². The summed E-state index contributed by atoms with van der Waals surface area (Å²) in [5.41, 5.74) is 1.62. The Morgan fingerprint density at radius 2 is 1.96 bits per heavy atom. The highest BCUT2D eigenvalue weighted by atomic mass is 35.5. The Morgan fingerprint density at radius 1 is 1.26 bits per heavy atom. The van der Waals surface area contributed by atoms with Gasteiger partial charge in [0.1, 0.15) is 12.0 Å². The molecule has 122 valence electrons. The summed E-state index contributed by atoms with van der Waals surface area (Å²) in [5.74, 6) is -0.367. The van der Waals surface area contributed by atoms with Gasteiger partial charge in [0.2, 0.25) is 0 Å². The predicted octanol–water partition coefficient (Wildman–Crippen LogP) is 2.51. The van der Waals surface area contributed by atoms with Crippen molar-refractivity contribution in [3.8, 4) is 5.75 Å². The molecule has 0 atom stereocenters. The topological polar surface area (TPSA) is 90.7 Å². The van der Waals surface area contributed by atoms with Crippen molar-refractivity contribution in [1.82, 2.24) is 5.16 Å². The van der Waals surface area contributed by atoms with Gasteiger partial charge >= 0.3 is 5.97 Å². The standard InChI is InChI=1S/C15H15ClN2O5/c1-9-5-11(16)6-10(2)15(9)22-8-14(20)21-7-13(19)17-12-3-4-23-18-12/h3-6H,7-8H2,1-2H3,(H,17,18,19). The summed E-state index contributed by atoms with van der Waals surface area (Å²) in [7, 11) is 0. The van der Waals surface area contributed by atoms with E-state index < -0.39 is 18.5 Å². The Kier molecular flexibility index (Phi) is 5.59. The molecule has 0 saturated heterocycles. The molecular formula is C15H15ClN2O5. The van der Waals surface area contributed by atoms with Crippen LogP contribution in [0.4, 0.5) is 5.82 Å². The Bertz CT molecular complexity index is 677. The van der Waals surface area contributed by atoms with Crippen LogP contribution < -0.4 is 10.1 Å². The van der Waals surface area contributed by atoms with Gasteiger partial charge < -0.3 is 19.3 Å². The fraction of sp³-hybridized carbons (Fsp3) is 0.267. The molecule has 1 aromatic carbocycles. The number of rotatable bonds is 6. The van der Waals surface area contributed by atoms with E-state index >= 15 is 0 Å². The quantitative estimate of drug-likeness (QED) is 0.814. The van der Waals surface area contributed by atoms with Crippen molar-refractivity contribution in [1.29, 1.82) is 0 Å². The van der Waals surface area contributed by atoms with E-state index in [0.717, 1.165) is 11.1 Å². The summed E-state index contributed by atoms with van der Waals surface area (Å²) in [6.07, 6.45) is 1.31. The number of carbonyl (C=O) groups is 2. The monoisotopic (exact) mass is 338 g/mol. The highest BCUT2D eigenvalue weighted by molar-refractivity contribution is 6.30. The summed E-state index contributed by atoms with van der Waals surface area (Å²) in [6, 6.07) is 4.94. The number of nitrogens with one attached hydrogen (secondary N) is 1. The number of anilines is 1. The van der Waals surface area contributed by atoms with Gasteiger partial charge in [-0.25, -0.2) is 4.79 Å². The first-order valence-electron chi connectivity index (χ1n) is 6.71. The molecule has 2 aromatic rings. The van der Waals surface area contributed by atoms with Crippen LogP contribution in [-0.2, 0) is 14.3 Å². The van der Waals surface area contributed by atoms with Crippen LogP contribution in [-0.4, -0.2) is 30.2 Å².